The predicted octanol–water partition coefficient (Wildman–Crippen LogP) is 4.00. The van der Waals surface area contributed by atoms with Gasteiger partial charge in [-0.25, -0.2) is 4.99 Å². The molecule has 1 saturated heterocycles. The molecule has 2 aromatic carbocycles. The van der Waals surface area contributed by atoms with E-state index in [1.807, 2.05) is 42.5 Å². The van der Waals surface area contributed by atoms with E-state index in [0.29, 0.717) is 6.42 Å². The van der Waals surface area contributed by atoms with Crippen molar-refractivity contribution in [2.24, 2.45) is 10.4 Å². The number of ether oxygens (including phenoxy) is 2. The van der Waals surface area contributed by atoms with E-state index in [-0.39, 0.29) is 0 Å². The third kappa shape index (κ3) is 4.51. The van der Waals surface area contributed by atoms with E-state index >= 15 is 0 Å². The summed E-state index contributed by atoms with van der Waals surface area (Å²) < 4.78 is 11.6. The molecular formula is C24H29N3O4. The van der Waals surface area contributed by atoms with Crippen molar-refractivity contribution in [2.45, 2.75) is 20.3 Å². The highest BCUT2D eigenvalue weighted by Crippen LogP contribution is 2.39. The maximum absolute atomic E-state index is 11.4. The second kappa shape index (κ2) is 8.59. The lowest BCUT2D eigenvalue weighted by atomic mass is 9.89. The fraction of sp³-hybridized carbons (Fsp3) is 0.417. The number of carboxylic acids is 1. The Labute approximate surface area is 182 Å². The molecule has 0 atom stereocenters. The minimum atomic E-state index is -0.747. The summed E-state index contributed by atoms with van der Waals surface area (Å²) in [5, 5.41) is 9.36. The molecule has 0 aliphatic carbocycles. The van der Waals surface area contributed by atoms with Crippen LogP contribution in [0.15, 0.2) is 47.5 Å². The van der Waals surface area contributed by atoms with Crippen molar-refractivity contribution < 1.29 is 19.4 Å². The van der Waals surface area contributed by atoms with E-state index in [1.54, 1.807) is 21.0 Å². The van der Waals surface area contributed by atoms with E-state index in [0.717, 1.165) is 67.1 Å². The first-order valence-corrected chi connectivity index (χ1v) is 10.6. The minimum Gasteiger partial charge on any atom is -0.497 e. The molecule has 2 aromatic rings. The summed E-state index contributed by atoms with van der Waals surface area (Å²) in [6, 6.07) is 13.6. The van der Waals surface area contributed by atoms with Crippen molar-refractivity contribution in [1.29, 1.82) is 0 Å². The van der Waals surface area contributed by atoms with Crippen LogP contribution in [0, 0.1) is 5.41 Å². The zero-order valence-electron chi connectivity index (χ0n) is 18.3. The van der Waals surface area contributed by atoms with Crippen molar-refractivity contribution in [3.8, 4) is 17.2 Å². The Kier molecular flexibility index (Phi) is 5.87. The summed E-state index contributed by atoms with van der Waals surface area (Å²) in [7, 11) is 1.65. The van der Waals surface area contributed by atoms with Gasteiger partial charge in [0.15, 0.2) is 5.75 Å². The molecule has 0 spiro atoms. The highest BCUT2D eigenvalue weighted by molar-refractivity contribution is 6.04. The second-order valence-electron chi connectivity index (χ2n) is 8.64. The molecule has 1 N–H and O–H groups in total. The fourth-order valence-corrected chi connectivity index (χ4v) is 3.80. The summed E-state index contributed by atoms with van der Waals surface area (Å²) in [6.07, 6.45) is 0.629. The van der Waals surface area contributed by atoms with Gasteiger partial charge < -0.3 is 19.5 Å². The first-order chi connectivity index (χ1) is 14.9. The Bertz CT molecular complexity index is 994. The Morgan fingerprint density at radius 3 is 2.58 bits per heavy atom. The van der Waals surface area contributed by atoms with Gasteiger partial charge in [-0.3, -0.25) is 9.69 Å². The van der Waals surface area contributed by atoms with Gasteiger partial charge in [-0.1, -0.05) is 12.1 Å². The van der Waals surface area contributed by atoms with Crippen LogP contribution in [0.4, 0.5) is 5.69 Å². The van der Waals surface area contributed by atoms with Crippen LogP contribution in [0.3, 0.4) is 0 Å². The molecule has 0 amide bonds. The average Bonchev–Trinajstić information content (AvgIpc) is 2.94. The van der Waals surface area contributed by atoms with Crippen molar-refractivity contribution in [3.63, 3.8) is 0 Å². The average molecular weight is 424 g/mol. The number of carboxylic acid groups (broad SMARTS) is 1. The third-order valence-corrected chi connectivity index (χ3v) is 6.04. The molecule has 0 radical (unpaired) electrons. The van der Waals surface area contributed by atoms with Crippen molar-refractivity contribution in [3.05, 3.63) is 48.0 Å². The van der Waals surface area contributed by atoms with Gasteiger partial charge in [0.1, 0.15) is 23.0 Å². The third-order valence-electron chi connectivity index (χ3n) is 6.04. The number of methoxy groups -OCH3 is 1. The quantitative estimate of drug-likeness (QED) is 0.784. The van der Waals surface area contributed by atoms with Crippen LogP contribution < -0.4 is 9.47 Å². The van der Waals surface area contributed by atoms with E-state index < -0.39 is 11.4 Å². The van der Waals surface area contributed by atoms with Gasteiger partial charge in [-0.05, 0) is 57.1 Å². The molecule has 7 heteroatoms. The molecule has 0 bridgehead atoms. The van der Waals surface area contributed by atoms with Gasteiger partial charge in [0.25, 0.3) is 0 Å². The minimum absolute atomic E-state index is 0.629. The topological polar surface area (TPSA) is 74.6 Å². The van der Waals surface area contributed by atoms with Crippen LogP contribution in [-0.2, 0) is 4.79 Å². The lowest BCUT2D eigenvalue weighted by Gasteiger charge is -2.37. The number of para-hydroxylation sites is 2. The number of benzene rings is 2. The molecule has 1 fully saturated rings. The highest BCUT2D eigenvalue weighted by Gasteiger charge is 2.30. The van der Waals surface area contributed by atoms with Gasteiger partial charge >= 0.3 is 5.97 Å². The monoisotopic (exact) mass is 423 g/mol. The zero-order valence-corrected chi connectivity index (χ0v) is 18.3. The van der Waals surface area contributed by atoms with E-state index in [9.17, 15) is 9.90 Å². The number of hydrogen-bond donors (Lipinski definition) is 1. The smallest absolute Gasteiger partial charge is 0.309 e. The van der Waals surface area contributed by atoms with Crippen LogP contribution in [0.5, 0.6) is 17.2 Å². The predicted molar refractivity (Wildman–Crippen MR) is 120 cm³/mol. The van der Waals surface area contributed by atoms with Gasteiger partial charge in [0, 0.05) is 26.2 Å². The van der Waals surface area contributed by atoms with Crippen LogP contribution >= 0.6 is 0 Å². The number of fused-ring (bicyclic) bond motifs is 2. The lowest BCUT2D eigenvalue weighted by Crippen LogP contribution is -2.49. The number of hydrogen-bond acceptors (Lipinski definition) is 6. The Morgan fingerprint density at radius 1 is 1.13 bits per heavy atom. The number of rotatable bonds is 5. The van der Waals surface area contributed by atoms with Crippen molar-refractivity contribution >= 4 is 17.5 Å². The van der Waals surface area contributed by atoms with Crippen LogP contribution in [0.25, 0.3) is 0 Å². The standard InChI is InChI=1S/C24H29N3O4/c1-24(2,23(28)29)10-11-26-12-14-27(15-13-26)22-18-16-17(30-3)8-9-20(18)31-21-7-5-4-6-19(21)25-22/h4-9,16H,10-15H2,1-3H3,(H,28,29). The van der Waals surface area contributed by atoms with Crippen molar-refractivity contribution in [2.75, 3.05) is 39.8 Å². The van der Waals surface area contributed by atoms with Gasteiger partial charge in [0.05, 0.1) is 18.1 Å². The largest absolute Gasteiger partial charge is 0.497 e. The Balaban J connectivity index is 1.55. The lowest BCUT2D eigenvalue weighted by molar-refractivity contribution is -0.147. The van der Waals surface area contributed by atoms with Crippen LogP contribution in [0.2, 0.25) is 0 Å². The molecule has 7 nitrogen and oxygen atoms in total. The molecule has 164 valence electrons. The number of carbonyl (C=O) groups is 1. The van der Waals surface area contributed by atoms with Crippen LogP contribution in [0.1, 0.15) is 25.8 Å². The summed E-state index contributed by atoms with van der Waals surface area (Å²) >= 11 is 0. The Hall–Kier alpha value is -3.06. The zero-order chi connectivity index (χ0) is 22.0. The maximum atomic E-state index is 11.4. The molecule has 0 unspecified atom stereocenters. The number of aliphatic carboxylic acids is 1. The first-order valence-electron chi connectivity index (χ1n) is 10.6. The van der Waals surface area contributed by atoms with E-state index in [4.69, 9.17) is 14.5 Å². The molecule has 0 aromatic heterocycles. The van der Waals surface area contributed by atoms with E-state index in [1.165, 1.54) is 0 Å². The molecular weight excluding hydrogens is 394 g/mol. The Morgan fingerprint density at radius 2 is 1.87 bits per heavy atom. The highest BCUT2D eigenvalue weighted by atomic mass is 16.5. The number of amidine groups is 1. The summed E-state index contributed by atoms with van der Waals surface area (Å²) in [5.74, 6) is 2.39. The molecule has 4 rings (SSSR count). The number of aliphatic imine (C=N–C) groups is 1. The molecule has 2 aliphatic rings. The van der Waals surface area contributed by atoms with Gasteiger partial charge in [-0.2, -0.15) is 0 Å². The second-order valence-corrected chi connectivity index (χ2v) is 8.64. The summed E-state index contributed by atoms with van der Waals surface area (Å²) in [4.78, 5) is 21.0. The van der Waals surface area contributed by atoms with Crippen molar-refractivity contribution in [1.82, 2.24) is 9.80 Å². The fourth-order valence-electron chi connectivity index (χ4n) is 3.80. The number of nitrogens with zero attached hydrogens (tertiary/aromatic N) is 3. The molecule has 2 heterocycles. The molecule has 31 heavy (non-hydrogen) atoms. The molecule has 2 aliphatic heterocycles. The summed E-state index contributed by atoms with van der Waals surface area (Å²) in [6.45, 7) is 7.68. The summed E-state index contributed by atoms with van der Waals surface area (Å²) in [5.41, 5.74) is 1.01. The van der Waals surface area contributed by atoms with Crippen LogP contribution in [-0.4, -0.2) is 66.5 Å². The van der Waals surface area contributed by atoms with E-state index in [2.05, 4.69) is 9.80 Å². The molecule has 0 saturated carbocycles. The van der Waals surface area contributed by atoms with Gasteiger partial charge in [-0.15, -0.1) is 0 Å². The van der Waals surface area contributed by atoms with Gasteiger partial charge in [0.2, 0.25) is 0 Å². The maximum Gasteiger partial charge on any atom is 0.309 e. The first kappa shape index (κ1) is 21.2. The normalized spacial score (nSPS) is 16.5. The SMILES string of the molecule is COc1ccc2c(c1)C(N1CCN(CCC(C)(C)C(=O)O)CC1)=Nc1ccccc1O2. The number of piperazine rings is 1.